The second-order valence-electron chi connectivity index (χ2n) is 4.36. The summed E-state index contributed by atoms with van der Waals surface area (Å²) in [6.45, 7) is 4.10. The third kappa shape index (κ3) is 3.02. The number of benzene rings is 1. The number of hydrogen-bond acceptors (Lipinski definition) is 3. The molecule has 0 aliphatic rings. The summed E-state index contributed by atoms with van der Waals surface area (Å²) >= 11 is 0. The lowest BCUT2D eigenvalue weighted by Crippen LogP contribution is -2.39. The molecule has 1 rings (SSSR count). The fourth-order valence-corrected chi connectivity index (χ4v) is 1.49. The molecule has 1 aromatic carbocycles. The molecule has 3 N–H and O–H groups in total. The summed E-state index contributed by atoms with van der Waals surface area (Å²) < 4.78 is 5.08. The standard InChI is InChI=1S/C12H19NO2/c1-12(2,13)11(14)10-7-5-4-6-9(10)8-15-3/h4-7,11,14H,8,13H2,1-3H3. The number of rotatable bonds is 4. The summed E-state index contributed by atoms with van der Waals surface area (Å²) in [5.74, 6) is 0. The van der Waals surface area contributed by atoms with Crippen molar-refractivity contribution in [3.05, 3.63) is 35.4 Å². The minimum absolute atomic E-state index is 0.489. The normalized spacial score (nSPS) is 13.9. The predicted octanol–water partition coefficient (Wildman–Crippen LogP) is 1.60. The van der Waals surface area contributed by atoms with Crippen molar-refractivity contribution in [2.24, 2.45) is 5.73 Å². The molecule has 0 aromatic heterocycles. The third-order valence-corrected chi connectivity index (χ3v) is 2.35. The van der Waals surface area contributed by atoms with Crippen molar-refractivity contribution in [3.8, 4) is 0 Å². The van der Waals surface area contributed by atoms with Crippen LogP contribution in [-0.2, 0) is 11.3 Å². The lowest BCUT2D eigenvalue weighted by Gasteiger charge is -2.27. The van der Waals surface area contributed by atoms with Crippen LogP contribution in [0.1, 0.15) is 31.1 Å². The SMILES string of the molecule is COCc1ccccc1C(O)C(C)(C)N. The van der Waals surface area contributed by atoms with Crippen LogP contribution in [0, 0.1) is 0 Å². The van der Waals surface area contributed by atoms with E-state index < -0.39 is 11.6 Å². The van der Waals surface area contributed by atoms with Crippen LogP contribution in [0.3, 0.4) is 0 Å². The molecule has 0 radical (unpaired) electrons. The van der Waals surface area contributed by atoms with Gasteiger partial charge in [0, 0.05) is 12.6 Å². The van der Waals surface area contributed by atoms with Crippen LogP contribution in [0.15, 0.2) is 24.3 Å². The molecular weight excluding hydrogens is 190 g/mol. The van der Waals surface area contributed by atoms with Gasteiger partial charge < -0.3 is 15.6 Å². The molecule has 0 saturated heterocycles. The van der Waals surface area contributed by atoms with E-state index >= 15 is 0 Å². The van der Waals surface area contributed by atoms with Crippen LogP contribution in [0.5, 0.6) is 0 Å². The first-order chi connectivity index (χ1) is 6.96. The Bertz CT molecular complexity index is 318. The zero-order valence-corrected chi connectivity index (χ0v) is 9.53. The largest absolute Gasteiger partial charge is 0.386 e. The summed E-state index contributed by atoms with van der Waals surface area (Å²) in [5.41, 5.74) is 7.05. The van der Waals surface area contributed by atoms with Crippen molar-refractivity contribution in [1.29, 1.82) is 0 Å². The maximum Gasteiger partial charge on any atom is 0.0967 e. The Morgan fingerprint density at radius 2 is 2.00 bits per heavy atom. The second-order valence-corrected chi connectivity index (χ2v) is 4.36. The van der Waals surface area contributed by atoms with Gasteiger partial charge in [-0.3, -0.25) is 0 Å². The van der Waals surface area contributed by atoms with Crippen molar-refractivity contribution in [2.45, 2.75) is 32.1 Å². The zero-order chi connectivity index (χ0) is 11.5. The van der Waals surface area contributed by atoms with E-state index in [0.29, 0.717) is 6.61 Å². The maximum atomic E-state index is 10.1. The van der Waals surface area contributed by atoms with Gasteiger partial charge in [0.05, 0.1) is 12.7 Å². The Balaban J connectivity index is 3.02. The Morgan fingerprint density at radius 1 is 1.40 bits per heavy atom. The van der Waals surface area contributed by atoms with Crippen LogP contribution in [0.25, 0.3) is 0 Å². The Morgan fingerprint density at radius 3 is 2.53 bits per heavy atom. The molecule has 0 amide bonds. The van der Waals surface area contributed by atoms with E-state index in [1.807, 2.05) is 24.3 Å². The van der Waals surface area contributed by atoms with Crippen LogP contribution in [0.4, 0.5) is 0 Å². The first-order valence-corrected chi connectivity index (χ1v) is 5.00. The van der Waals surface area contributed by atoms with Gasteiger partial charge in [-0.25, -0.2) is 0 Å². The molecule has 0 heterocycles. The van der Waals surface area contributed by atoms with Crippen molar-refractivity contribution in [1.82, 2.24) is 0 Å². The molecule has 0 aliphatic heterocycles. The van der Waals surface area contributed by atoms with Gasteiger partial charge >= 0.3 is 0 Å². The van der Waals surface area contributed by atoms with Gasteiger partial charge in [0.25, 0.3) is 0 Å². The number of hydrogen-bond donors (Lipinski definition) is 2. The summed E-state index contributed by atoms with van der Waals surface area (Å²) in [6, 6.07) is 7.64. The van der Waals surface area contributed by atoms with Crippen LogP contribution >= 0.6 is 0 Å². The summed E-state index contributed by atoms with van der Waals surface area (Å²) in [5, 5.41) is 10.1. The zero-order valence-electron chi connectivity index (χ0n) is 9.53. The van der Waals surface area contributed by atoms with Gasteiger partial charge in [-0.1, -0.05) is 24.3 Å². The molecule has 1 atom stereocenters. The highest BCUT2D eigenvalue weighted by Crippen LogP contribution is 2.26. The van der Waals surface area contributed by atoms with Crippen molar-refractivity contribution in [2.75, 3.05) is 7.11 Å². The maximum absolute atomic E-state index is 10.1. The number of ether oxygens (including phenoxy) is 1. The summed E-state index contributed by atoms with van der Waals surface area (Å²) in [7, 11) is 1.64. The molecule has 15 heavy (non-hydrogen) atoms. The average molecular weight is 209 g/mol. The minimum Gasteiger partial charge on any atom is -0.386 e. The molecule has 0 fully saturated rings. The van der Waals surface area contributed by atoms with Crippen LogP contribution < -0.4 is 5.73 Å². The Kier molecular flexibility index (Phi) is 3.85. The van der Waals surface area contributed by atoms with Gasteiger partial charge in [-0.05, 0) is 25.0 Å². The fraction of sp³-hybridized carbons (Fsp3) is 0.500. The molecule has 0 spiro atoms. The summed E-state index contributed by atoms with van der Waals surface area (Å²) in [4.78, 5) is 0. The molecule has 0 bridgehead atoms. The van der Waals surface area contributed by atoms with Gasteiger partial charge in [-0.2, -0.15) is 0 Å². The highest BCUT2D eigenvalue weighted by atomic mass is 16.5. The molecule has 0 saturated carbocycles. The predicted molar refractivity (Wildman–Crippen MR) is 60.4 cm³/mol. The molecule has 1 aromatic rings. The van der Waals surface area contributed by atoms with Gasteiger partial charge in [0.2, 0.25) is 0 Å². The lowest BCUT2D eigenvalue weighted by atomic mass is 9.90. The Labute approximate surface area is 90.9 Å². The number of aliphatic hydroxyl groups excluding tert-OH is 1. The minimum atomic E-state index is -0.677. The monoisotopic (exact) mass is 209 g/mol. The van der Waals surface area contributed by atoms with Gasteiger partial charge in [0.15, 0.2) is 0 Å². The first-order valence-electron chi connectivity index (χ1n) is 5.00. The second kappa shape index (κ2) is 4.75. The third-order valence-electron chi connectivity index (χ3n) is 2.35. The van der Waals surface area contributed by atoms with E-state index in [1.165, 1.54) is 0 Å². The Hall–Kier alpha value is -0.900. The highest BCUT2D eigenvalue weighted by Gasteiger charge is 2.25. The molecular formula is C12H19NO2. The van der Waals surface area contributed by atoms with Crippen molar-refractivity contribution >= 4 is 0 Å². The molecule has 1 unspecified atom stereocenters. The van der Waals surface area contributed by atoms with E-state index in [2.05, 4.69) is 0 Å². The van der Waals surface area contributed by atoms with E-state index in [1.54, 1.807) is 21.0 Å². The van der Waals surface area contributed by atoms with E-state index in [0.717, 1.165) is 11.1 Å². The first kappa shape index (κ1) is 12.2. The van der Waals surface area contributed by atoms with E-state index in [9.17, 15) is 5.11 Å². The number of aliphatic hydroxyl groups is 1. The number of nitrogens with two attached hydrogens (primary N) is 1. The molecule has 0 aliphatic carbocycles. The molecule has 3 nitrogen and oxygen atoms in total. The molecule has 84 valence electrons. The van der Waals surface area contributed by atoms with Crippen molar-refractivity contribution in [3.63, 3.8) is 0 Å². The van der Waals surface area contributed by atoms with Crippen molar-refractivity contribution < 1.29 is 9.84 Å². The quantitative estimate of drug-likeness (QED) is 0.792. The smallest absolute Gasteiger partial charge is 0.0967 e. The van der Waals surface area contributed by atoms with Gasteiger partial charge in [0.1, 0.15) is 0 Å². The van der Waals surface area contributed by atoms with E-state index in [4.69, 9.17) is 10.5 Å². The fourth-order valence-electron chi connectivity index (χ4n) is 1.49. The molecule has 3 heteroatoms. The number of methoxy groups -OCH3 is 1. The lowest BCUT2D eigenvalue weighted by molar-refractivity contribution is 0.100. The van der Waals surface area contributed by atoms with Crippen LogP contribution in [-0.4, -0.2) is 17.8 Å². The summed E-state index contributed by atoms with van der Waals surface area (Å²) in [6.07, 6.45) is -0.677. The topological polar surface area (TPSA) is 55.5 Å². The van der Waals surface area contributed by atoms with E-state index in [-0.39, 0.29) is 0 Å². The van der Waals surface area contributed by atoms with Crippen LogP contribution in [0.2, 0.25) is 0 Å². The average Bonchev–Trinajstić information content (AvgIpc) is 2.17. The van der Waals surface area contributed by atoms with Gasteiger partial charge in [-0.15, -0.1) is 0 Å². The highest BCUT2D eigenvalue weighted by molar-refractivity contribution is 5.30.